The topological polar surface area (TPSA) is 76.7 Å². The van der Waals surface area contributed by atoms with E-state index in [1.807, 2.05) is 56.3 Å². The van der Waals surface area contributed by atoms with Crippen LogP contribution in [0.2, 0.25) is 0 Å². The summed E-state index contributed by atoms with van der Waals surface area (Å²) in [5.74, 6) is 1.65. The minimum Gasteiger partial charge on any atom is -0.494 e. The van der Waals surface area contributed by atoms with E-state index in [9.17, 15) is 9.59 Å². The van der Waals surface area contributed by atoms with Crippen LogP contribution in [0, 0.1) is 0 Å². The first-order valence-corrected chi connectivity index (χ1v) is 10.1. The third kappa shape index (κ3) is 6.52. The zero-order chi connectivity index (χ0) is 20.6. The van der Waals surface area contributed by atoms with E-state index in [0.717, 1.165) is 34.7 Å². The van der Waals surface area contributed by atoms with E-state index in [2.05, 4.69) is 10.6 Å². The zero-order valence-electron chi connectivity index (χ0n) is 17.0. The summed E-state index contributed by atoms with van der Waals surface area (Å²) >= 11 is 0. The molecule has 1 aliphatic heterocycles. The van der Waals surface area contributed by atoms with E-state index in [0.29, 0.717) is 32.4 Å². The molecule has 0 saturated carbocycles. The summed E-state index contributed by atoms with van der Waals surface area (Å²) < 4.78 is 11.4. The van der Waals surface area contributed by atoms with Gasteiger partial charge in [-0.3, -0.25) is 9.59 Å². The van der Waals surface area contributed by atoms with Crippen molar-refractivity contribution in [3.63, 3.8) is 0 Å². The molecule has 0 atom stereocenters. The molecule has 6 nitrogen and oxygen atoms in total. The van der Waals surface area contributed by atoms with Gasteiger partial charge in [-0.1, -0.05) is 12.1 Å². The molecule has 1 heterocycles. The first kappa shape index (κ1) is 20.7. The Bertz CT molecular complexity index is 846. The number of anilines is 1. The average molecular weight is 396 g/mol. The molecule has 6 heteroatoms. The first-order chi connectivity index (χ1) is 14.0. The molecule has 0 aliphatic carbocycles. The van der Waals surface area contributed by atoms with Crippen LogP contribution in [-0.4, -0.2) is 24.5 Å². The number of amides is 2. The lowest BCUT2D eigenvalue weighted by molar-refractivity contribution is -0.121. The third-order valence-electron chi connectivity index (χ3n) is 4.57. The fraction of sp³-hybridized carbons (Fsp3) is 0.391. The van der Waals surface area contributed by atoms with E-state index in [-0.39, 0.29) is 17.9 Å². The molecule has 0 spiro atoms. The molecule has 0 radical (unpaired) electrons. The van der Waals surface area contributed by atoms with Gasteiger partial charge < -0.3 is 20.1 Å². The number of nitrogens with one attached hydrogen (secondary N) is 2. The van der Waals surface area contributed by atoms with Gasteiger partial charge in [0, 0.05) is 25.1 Å². The monoisotopic (exact) mass is 396 g/mol. The number of ether oxygens (including phenoxy) is 2. The SMILES string of the molecule is CC(C)Oc1ccc(CNC(=O)CCCOc2ccc3c(c2)CCC(=O)N3)cc1. The molecule has 1 aliphatic rings. The van der Waals surface area contributed by atoms with Crippen LogP contribution in [0.15, 0.2) is 42.5 Å². The molecule has 154 valence electrons. The second-order valence-corrected chi connectivity index (χ2v) is 7.41. The minimum atomic E-state index is 0.00394. The number of hydrogen-bond acceptors (Lipinski definition) is 4. The lowest BCUT2D eigenvalue weighted by Gasteiger charge is -2.17. The lowest BCUT2D eigenvalue weighted by atomic mass is 10.0. The van der Waals surface area contributed by atoms with Crippen molar-refractivity contribution < 1.29 is 19.1 Å². The maximum Gasteiger partial charge on any atom is 0.224 e. The number of benzene rings is 2. The van der Waals surface area contributed by atoms with Gasteiger partial charge in [-0.2, -0.15) is 0 Å². The molecule has 29 heavy (non-hydrogen) atoms. The fourth-order valence-corrected chi connectivity index (χ4v) is 3.12. The van der Waals surface area contributed by atoms with Crippen molar-refractivity contribution in [2.75, 3.05) is 11.9 Å². The van der Waals surface area contributed by atoms with E-state index < -0.39 is 0 Å². The van der Waals surface area contributed by atoms with Gasteiger partial charge in [0.2, 0.25) is 11.8 Å². The summed E-state index contributed by atoms with van der Waals surface area (Å²) in [6.45, 7) is 4.95. The van der Waals surface area contributed by atoms with Crippen LogP contribution in [-0.2, 0) is 22.6 Å². The van der Waals surface area contributed by atoms with Crippen molar-refractivity contribution in [3.8, 4) is 11.5 Å². The molecule has 2 amide bonds. The molecule has 0 saturated heterocycles. The van der Waals surface area contributed by atoms with Gasteiger partial charge in [0.25, 0.3) is 0 Å². The number of carbonyl (C=O) groups excluding carboxylic acids is 2. The molecule has 0 unspecified atom stereocenters. The van der Waals surface area contributed by atoms with Crippen molar-refractivity contribution in [2.45, 2.75) is 52.2 Å². The number of aryl methyl sites for hydroxylation is 1. The van der Waals surface area contributed by atoms with E-state index in [1.54, 1.807) is 0 Å². The summed E-state index contributed by atoms with van der Waals surface area (Å²) in [5, 5.41) is 5.78. The predicted octanol–water partition coefficient (Wildman–Crippen LogP) is 3.83. The van der Waals surface area contributed by atoms with Crippen LogP contribution in [0.5, 0.6) is 11.5 Å². The van der Waals surface area contributed by atoms with Gasteiger partial charge in [0.1, 0.15) is 11.5 Å². The molecule has 2 aromatic carbocycles. The second-order valence-electron chi connectivity index (χ2n) is 7.41. The number of fused-ring (bicyclic) bond motifs is 1. The largest absolute Gasteiger partial charge is 0.494 e. The van der Waals surface area contributed by atoms with Gasteiger partial charge in [0.15, 0.2) is 0 Å². The lowest BCUT2D eigenvalue weighted by Crippen LogP contribution is -2.23. The molecule has 2 aromatic rings. The summed E-state index contributed by atoms with van der Waals surface area (Å²) in [5.41, 5.74) is 2.98. The molecular formula is C23H28N2O4. The smallest absolute Gasteiger partial charge is 0.224 e. The third-order valence-corrected chi connectivity index (χ3v) is 4.57. The quantitative estimate of drug-likeness (QED) is 0.632. The van der Waals surface area contributed by atoms with Crippen molar-refractivity contribution >= 4 is 17.5 Å². The van der Waals surface area contributed by atoms with Crippen LogP contribution < -0.4 is 20.1 Å². The summed E-state index contributed by atoms with van der Waals surface area (Å²) in [6.07, 6.45) is 2.43. The van der Waals surface area contributed by atoms with Crippen LogP contribution in [0.25, 0.3) is 0 Å². The van der Waals surface area contributed by atoms with Crippen LogP contribution in [0.1, 0.15) is 44.2 Å². The Morgan fingerprint density at radius 3 is 2.62 bits per heavy atom. The highest BCUT2D eigenvalue weighted by molar-refractivity contribution is 5.94. The van der Waals surface area contributed by atoms with Crippen molar-refractivity contribution in [1.82, 2.24) is 5.32 Å². The van der Waals surface area contributed by atoms with Crippen LogP contribution in [0.4, 0.5) is 5.69 Å². The second kappa shape index (κ2) is 9.96. The first-order valence-electron chi connectivity index (χ1n) is 10.1. The Labute approximate surface area is 171 Å². The zero-order valence-corrected chi connectivity index (χ0v) is 17.0. The Hall–Kier alpha value is -3.02. The maximum absolute atomic E-state index is 12.0. The highest BCUT2D eigenvalue weighted by Gasteiger charge is 2.15. The van der Waals surface area contributed by atoms with Gasteiger partial charge in [-0.15, -0.1) is 0 Å². The molecule has 0 bridgehead atoms. The van der Waals surface area contributed by atoms with Crippen LogP contribution >= 0.6 is 0 Å². The number of hydrogen-bond donors (Lipinski definition) is 2. The molecule has 3 rings (SSSR count). The summed E-state index contributed by atoms with van der Waals surface area (Å²) in [6, 6.07) is 13.4. The Morgan fingerprint density at radius 2 is 1.86 bits per heavy atom. The minimum absolute atomic E-state index is 0.00394. The highest BCUT2D eigenvalue weighted by Crippen LogP contribution is 2.26. The number of rotatable bonds is 9. The van der Waals surface area contributed by atoms with E-state index in [1.165, 1.54) is 0 Å². The van der Waals surface area contributed by atoms with E-state index >= 15 is 0 Å². The maximum atomic E-state index is 12.0. The van der Waals surface area contributed by atoms with Crippen molar-refractivity contribution in [3.05, 3.63) is 53.6 Å². The molecular weight excluding hydrogens is 368 g/mol. The molecule has 0 aromatic heterocycles. The van der Waals surface area contributed by atoms with Gasteiger partial charge >= 0.3 is 0 Å². The summed E-state index contributed by atoms with van der Waals surface area (Å²) in [7, 11) is 0. The standard InChI is InChI=1S/C23H28N2O4/c1-16(2)29-19-8-5-17(6-9-19)15-24-22(26)4-3-13-28-20-10-11-21-18(14-20)7-12-23(27)25-21/h5-6,8-11,14,16H,3-4,7,12-13,15H2,1-2H3,(H,24,26)(H,25,27). The average Bonchev–Trinajstić information content (AvgIpc) is 2.70. The van der Waals surface area contributed by atoms with Crippen LogP contribution in [0.3, 0.4) is 0 Å². The van der Waals surface area contributed by atoms with E-state index in [4.69, 9.17) is 9.47 Å². The fourth-order valence-electron chi connectivity index (χ4n) is 3.12. The van der Waals surface area contributed by atoms with Gasteiger partial charge in [-0.25, -0.2) is 0 Å². The normalized spacial score (nSPS) is 12.9. The number of carbonyl (C=O) groups is 2. The van der Waals surface area contributed by atoms with Gasteiger partial charge in [0.05, 0.1) is 12.7 Å². The summed E-state index contributed by atoms with van der Waals surface area (Å²) in [4.78, 5) is 23.4. The van der Waals surface area contributed by atoms with Gasteiger partial charge in [-0.05, 0) is 68.1 Å². The van der Waals surface area contributed by atoms with Crippen molar-refractivity contribution in [2.24, 2.45) is 0 Å². The Morgan fingerprint density at radius 1 is 1.10 bits per heavy atom. The Balaban J connectivity index is 1.34. The van der Waals surface area contributed by atoms with Crippen molar-refractivity contribution in [1.29, 1.82) is 0 Å². The Kier molecular flexibility index (Phi) is 7.11. The highest BCUT2D eigenvalue weighted by atomic mass is 16.5. The predicted molar refractivity (Wildman–Crippen MR) is 112 cm³/mol. The molecule has 0 fully saturated rings. The molecule has 2 N–H and O–H groups in total.